The highest BCUT2D eigenvalue weighted by Crippen LogP contribution is 2.43. The number of para-hydroxylation sites is 1. The molecule has 0 aliphatic rings. The summed E-state index contributed by atoms with van der Waals surface area (Å²) in [5, 5.41) is 4.45. The van der Waals surface area contributed by atoms with Gasteiger partial charge in [0.1, 0.15) is 11.2 Å². The summed E-state index contributed by atoms with van der Waals surface area (Å²) in [5.74, 6) is 1.91. The molecular weight excluding hydrogens is 647 g/mol. The summed E-state index contributed by atoms with van der Waals surface area (Å²) < 4.78 is 6.85. The van der Waals surface area contributed by atoms with Gasteiger partial charge in [0.15, 0.2) is 17.5 Å². The van der Waals surface area contributed by atoms with Crippen molar-refractivity contribution in [2.24, 2.45) is 0 Å². The number of rotatable bonds is 6. The lowest BCUT2D eigenvalue weighted by atomic mass is 9.93. The van der Waals surface area contributed by atoms with Crippen LogP contribution in [0.3, 0.4) is 0 Å². The van der Waals surface area contributed by atoms with E-state index >= 15 is 0 Å². The van der Waals surface area contributed by atoms with Gasteiger partial charge in [-0.25, -0.2) is 15.0 Å². The summed E-state index contributed by atoms with van der Waals surface area (Å²) in [7, 11) is 0. The van der Waals surface area contributed by atoms with Gasteiger partial charge in [0.05, 0.1) is 0 Å². The van der Waals surface area contributed by atoms with Crippen LogP contribution in [0.25, 0.3) is 100 Å². The van der Waals surface area contributed by atoms with Gasteiger partial charge in [-0.3, -0.25) is 0 Å². The predicted molar refractivity (Wildman–Crippen MR) is 217 cm³/mol. The monoisotopic (exact) mass is 677 g/mol. The molecule has 4 heteroatoms. The molecule has 2 heterocycles. The van der Waals surface area contributed by atoms with E-state index in [2.05, 4.69) is 127 Å². The molecule has 0 atom stereocenters. The molecule has 0 amide bonds. The topological polar surface area (TPSA) is 51.8 Å². The molecule has 10 rings (SSSR count). The third-order valence-electron chi connectivity index (χ3n) is 9.94. The van der Waals surface area contributed by atoms with E-state index in [0.29, 0.717) is 17.5 Å². The predicted octanol–water partition coefficient (Wildman–Crippen LogP) is 12.9. The number of hydrogen-bond acceptors (Lipinski definition) is 4. The summed E-state index contributed by atoms with van der Waals surface area (Å²) in [6, 6.07) is 65.2. The summed E-state index contributed by atoms with van der Waals surface area (Å²) in [6.07, 6.45) is 0. The van der Waals surface area contributed by atoms with Crippen molar-refractivity contribution < 1.29 is 4.42 Å². The van der Waals surface area contributed by atoms with Crippen LogP contribution in [0.5, 0.6) is 0 Å². The molecule has 53 heavy (non-hydrogen) atoms. The van der Waals surface area contributed by atoms with Crippen molar-refractivity contribution in [1.29, 1.82) is 0 Å². The Hall–Kier alpha value is -7.17. The fourth-order valence-electron chi connectivity index (χ4n) is 7.32. The van der Waals surface area contributed by atoms with Crippen molar-refractivity contribution >= 4 is 32.7 Å². The Labute approximate surface area is 306 Å². The second-order valence-electron chi connectivity index (χ2n) is 13.2. The third kappa shape index (κ3) is 5.54. The molecule has 10 aromatic rings. The molecule has 0 radical (unpaired) electrons. The molecule has 0 fully saturated rings. The zero-order chi connectivity index (χ0) is 35.1. The summed E-state index contributed by atoms with van der Waals surface area (Å²) in [6.45, 7) is 0. The SMILES string of the molecule is c1ccc(-c2cccc(-c3cc4c5cccc(-c6ccc(-c7nc(-c8ccccc8)nc(-c8ccccc8)n7)cc6)c5oc4c4ccccc34)c2)cc1. The van der Waals surface area contributed by atoms with E-state index in [4.69, 9.17) is 19.4 Å². The zero-order valence-corrected chi connectivity index (χ0v) is 28.6. The average Bonchev–Trinajstić information content (AvgIpc) is 3.63. The highest BCUT2D eigenvalue weighted by Gasteiger charge is 2.18. The smallest absolute Gasteiger partial charge is 0.164 e. The van der Waals surface area contributed by atoms with Gasteiger partial charge in [-0.05, 0) is 45.3 Å². The number of hydrogen-bond donors (Lipinski definition) is 0. The standard InChI is InChI=1S/C49H31N3O/c1-4-14-32(15-5-1)37-20-12-21-38(30-37)43-31-44-42-25-13-24-39(45(42)53-46(44)41-23-11-10-22-40(41)43)33-26-28-36(29-27-33)49-51-47(34-16-6-2-7-17-34)50-48(52-49)35-18-8-3-9-19-35/h1-31H. The summed E-state index contributed by atoms with van der Waals surface area (Å²) >= 11 is 0. The molecule has 0 aliphatic carbocycles. The van der Waals surface area contributed by atoms with Crippen LogP contribution in [0.15, 0.2) is 192 Å². The number of benzene rings is 8. The summed E-state index contributed by atoms with van der Waals surface area (Å²) in [5.41, 5.74) is 11.4. The first-order valence-corrected chi connectivity index (χ1v) is 17.8. The Kier molecular flexibility index (Phi) is 7.43. The first-order chi connectivity index (χ1) is 26.3. The lowest BCUT2D eigenvalue weighted by Crippen LogP contribution is -2.00. The third-order valence-corrected chi connectivity index (χ3v) is 9.94. The Morgan fingerprint density at radius 2 is 0.717 bits per heavy atom. The van der Waals surface area contributed by atoms with Gasteiger partial charge in [-0.2, -0.15) is 0 Å². The minimum absolute atomic E-state index is 0.626. The second-order valence-corrected chi connectivity index (χ2v) is 13.2. The maximum atomic E-state index is 6.85. The van der Waals surface area contributed by atoms with Crippen molar-refractivity contribution in [3.05, 3.63) is 188 Å². The fraction of sp³-hybridized carbons (Fsp3) is 0. The van der Waals surface area contributed by atoms with Gasteiger partial charge in [-0.1, -0.05) is 176 Å². The second kappa shape index (κ2) is 12.9. The molecule has 0 bridgehead atoms. The Morgan fingerprint density at radius 3 is 1.36 bits per heavy atom. The minimum atomic E-state index is 0.626. The Bertz CT molecular complexity index is 2860. The van der Waals surface area contributed by atoms with E-state index in [9.17, 15) is 0 Å². The maximum absolute atomic E-state index is 6.85. The summed E-state index contributed by atoms with van der Waals surface area (Å²) in [4.78, 5) is 14.7. The van der Waals surface area contributed by atoms with E-state index < -0.39 is 0 Å². The normalized spacial score (nSPS) is 11.4. The fourth-order valence-corrected chi connectivity index (χ4v) is 7.32. The van der Waals surface area contributed by atoms with Crippen LogP contribution in [0.4, 0.5) is 0 Å². The molecule has 0 spiro atoms. The van der Waals surface area contributed by atoms with Crippen molar-refractivity contribution in [2.45, 2.75) is 0 Å². The highest BCUT2D eigenvalue weighted by atomic mass is 16.3. The molecule has 8 aromatic carbocycles. The van der Waals surface area contributed by atoms with Crippen LogP contribution in [0, 0.1) is 0 Å². The van der Waals surface area contributed by atoms with Crippen molar-refractivity contribution in [2.75, 3.05) is 0 Å². The molecule has 248 valence electrons. The van der Waals surface area contributed by atoms with Crippen LogP contribution in [-0.2, 0) is 0 Å². The van der Waals surface area contributed by atoms with Crippen molar-refractivity contribution in [1.82, 2.24) is 15.0 Å². The average molecular weight is 678 g/mol. The van der Waals surface area contributed by atoms with Gasteiger partial charge in [0.2, 0.25) is 0 Å². The molecule has 0 unspecified atom stereocenters. The van der Waals surface area contributed by atoms with Crippen LogP contribution in [0.1, 0.15) is 0 Å². The Morgan fingerprint density at radius 1 is 0.264 bits per heavy atom. The Balaban J connectivity index is 1.08. The molecule has 0 saturated heterocycles. The van der Waals surface area contributed by atoms with E-state index in [1.165, 1.54) is 22.3 Å². The van der Waals surface area contributed by atoms with Gasteiger partial charge >= 0.3 is 0 Å². The van der Waals surface area contributed by atoms with Crippen LogP contribution in [0.2, 0.25) is 0 Å². The largest absolute Gasteiger partial charge is 0.455 e. The van der Waals surface area contributed by atoms with Crippen LogP contribution >= 0.6 is 0 Å². The van der Waals surface area contributed by atoms with E-state index in [1.807, 2.05) is 60.7 Å². The molecule has 0 aliphatic heterocycles. The van der Waals surface area contributed by atoms with Crippen LogP contribution in [-0.4, -0.2) is 15.0 Å². The van der Waals surface area contributed by atoms with E-state index in [0.717, 1.165) is 60.5 Å². The number of fused-ring (bicyclic) bond motifs is 5. The maximum Gasteiger partial charge on any atom is 0.164 e. The zero-order valence-electron chi connectivity index (χ0n) is 28.6. The quantitative estimate of drug-likeness (QED) is 0.176. The van der Waals surface area contributed by atoms with Gasteiger partial charge in [-0.15, -0.1) is 0 Å². The first-order valence-electron chi connectivity index (χ1n) is 17.8. The lowest BCUT2D eigenvalue weighted by molar-refractivity contribution is 0.674. The van der Waals surface area contributed by atoms with Gasteiger partial charge in [0.25, 0.3) is 0 Å². The van der Waals surface area contributed by atoms with Gasteiger partial charge in [0, 0.05) is 38.4 Å². The van der Waals surface area contributed by atoms with Crippen molar-refractivity contribution in [3.8, 4) is 67.5 Å². The molecule has 0 saturated carbocycles. The molecule has 4 nitrogen and oxygen atoms in total. The van der Waals surface area contributed by atoms with Gasteiger partial charge < -0.3 is 4.42 Å². The number of nitrogens with zero attached hydrogens (tertiary/aromatic N) is 3. The van der Waals surface area contributed by atoms with Crippen molar-refractivity contribution in [3.63, 3.8) is 0 Å². The number of aromatic nitrogens is 3. The first kappa shape index (κ1) is 30.6. The van der Waals surface area contributed by atoms with E-state index in [1.54, 1.807) is 0 Å². The van der Waals surface area contributed by atoms with E-state index in [-0.39, 0.29) is 0 Å². The molecule has 2 aromatic heterocycles. The number of furan rings is 1. The lowest BCUT2D eigenvalue weighted by Gasteiger charge is -2.10. The minimum Gasteiger partial charge on any atom is -0.455 e. The molecule has 0 N–H and O–H groups in total. The van der Waals surface area contributed by atoms with Crippen LogP contribution < -0.4 is 0 Å². The highest BCUT2D eigenvalue weighted by molar-refractivity contribution is 6.20. The molecular formula is C49H31N3O.